The van der Waals surface area contributed by atoms with Gasteiger partial charge in [0.2, 0.25) is 15.9 Å². The minimum atomic E-state index is -3.29. The number of carboxylic acid groups (broad SMARTS) is 1. The van der Waals surface area contributed by atoms with Crippen molar-refractivity contribution in [2.75, 3.05) is 26.5 Å². The average Bonchev–Trinajstić information content (AvgIpc) is 3.78. The van der Waals surface area contributed by atoms with Crippen molar-refractivity contribution >= 4 is 37.5 Å². The number of methoxy groups -OCH3 is 1. The Kier molecular flexibility index (Phi) is 8.24. The SMILES string of the molecule is COc1ccccc1C(Cn1c(=O)n(C(C)(C)C(=O)O)c(=O)c2c(C)c(-c3ncco3)sc21)OC1CC2CN(S(C)(=O)=O)CC2C1. The lowest BCUT2D eigenvalue weighted by Gasteiger charge is -2.28. The number of thiophene rings is 1. The Morgan fingerprint density at radius 3 is 2.46 bits per heavy atom. The van der Waals surface area contributed by atoms with Gasteiger partial charge in [-0.2, -0.15) is 0 Å². The van der Waals surface area contributed by atoms with E-state index in [0.29, 0.717) is 52.5 Å². The number of fused-ring (bicyclic) bond motifs is 2. The number of aliphatic carboxylic acids is 1. The third-order valence-corrected chi connectivity index (χ3v) is 11.8. The van der Waals surface area contributed by atoms with Crippen molar-refractivity contribution in [1.82, 2.24) is 18.4 Å². The van der Waals surface area contributed by atoms with Crippen LogP contribution >= 0.6 is 11.3 Å². The Morgan fingerprint density at radius 2 is 1.87 bits per heavy atom. The van der Waals surface area contributed by atoms with E-state index in [1.807, 2.05) is 18.2 Å². The molecular formula is C31H36N4O9S2. The van der Waals surface area contributed by atoms with Gasteiger partial charge in [-0.15, -0.1) is 11.3 Å². The molecule has 15 heteroatoms. The van der Waals surface area contributed by atoms with Gasteiger partial charge >= 0.3 is 11.7 Å². The maximum Gasteiger partial charge on any atom is 0.333 e. The van der Waals surface area contributed by atoms with Crippen LogP contribution in [0.25, 0.3) is 21.0 Å². The number of carboxylic acids is 1. The van der Waals surface area contributed by atoms with Crippen LogP contribution < -0.4 is 16.0 Å². The number of aryl methyl sites for hydroxylation is 1. The Morgan fingerprint density at radius 1 is 1.20 bits per heavy atom. The molecule has 1 N–H and O–H groups in total. The summed E-state index contributed by atoms with van der Waals surface area (Å²) in [5.74, 6) is -0.223. The summed E-state index contributed by atoms with van der Waals surface area (Å²) in [7, 11) is -1.75. The minimum Gasteiger partial charge on any atom is -0.496 e. The third-order valence-electron chi connectivity index (χ3n) is 9.26. The second-order valence-corrected chi connectivity index (χ2v) is 15.5. The second-order valence-electron chi connectivity index (χ2n) is 12.5. The lowest BCUT2D eigenvalue weighted by molar-refractivity contribution is -0.146. The van der Waals surface area contributed by atoms with Crippen LogP contribution in [0, 0.1) is 18.8 Å². The molecule has 1 aliphatic carbocycles. The monoisotopic (exact) mass is 672 g/mol. The fourth-order valence-electron chi connectivity index (χ4n) is 6.76. The predicted molar refractivity (Wildman–Crippen MR) is 171 cm³/mol. The number of sulfonamides is 1. The number of hydrogen-bond acceptors (Lipinski definition) is 10. The fraction of sp³-hybridized carbons (Fsp3) is 0.484. The molecule has 1 aromatic carbocycles. The van der Waals surface area contributed by atoms with Crippen LogP contribution in [0.2, 0.25) is 0 Å². The Balaban J connectivity index is 1.48. The van der Waals surface area contributed by atoms with E-state index in [-0.39, 0.29) is 35.8 Å². The molecule has 6 rings (SSSR count). The first kappa shape index (κ1) is 32.2. The van der Waals surface area contributed by atoms with Gasteiger partial charge in [0.25, 0.3) is 5.56 Å². The van der Waals surface area contributed by atoms with Crippen molar-refractivity contribution < 1.29 is 32.2 Å². The molecule has 13 nitrogen and oxygen atoms in total. The summed E-state index contributed by atoms with van der Waals surface area (Å²) >= 11 is 1.17. The van der Waals surface area contributed by atoms with Gasteiger partial charge in [-0.3, -0.25) is 9.36 Å². The summed E-state index contributed by atoms with van der Waals surface area (Å²) in [5.41, 5.74) is -2.18. The fourth-order valence-corrected chi connectivity index (χ4v) is 8.93. The Hall–Kier alpha value is -3.79. The van der Waals surface area contributed by atoms with Gasteiger partial charge in [0, 0.05) is 18.7 Å². The molecule has 0 radical (unpaired) electrons. The lowest BCUT2D eigenvalue weighted by Crippen LogP contribution is -2.52. The number of ether oxygens (including phenoxy) is 2. The highest BCUT2D eigenvalue weighted by Crippen LogP contribution is 2.43. The molecule has 3 aromatic heterocycles. The summed E-state index contributed by atoms with van der Waals surface area (Å²) in [6, 6.07) is 7.30. The minimum absolute atomic E-state index is 0.0576. The van der Waals surface area contributed by atoms with E-state index in [1.165, 1.54) is 52.8 Å². The number of rotatable bonds is 10. The summed E-state index contributed by atoms with van der Waals surface area (Å²) in [4.78, 5) is 45.7. The average molecular weight is 673 g/mol. The highest BCUT2D eigenvalue weighted by molar-refractivity contribution is 7.88. The number of carbonyl (C=O) groups is 1. The highest BCUT2D eigenvalue weighted by atomic mass is 32.2. The normalized spacial score (nSPS) is 21.1. The molecule has 0 amide bonds. The van der Waals surface area contributed by atoms with Gasteiger partial charge in [-0.1, -0.05) is 18.2 Å². The van der Waals surface area contributed by atoms with E-state index in [4.69, 9.17) is 13.9 Å². The van der Waals surface area contributed by atoms with Crippen molar-refractivity contribution in [3.8, 4) is 16.5 Å². The second kappa shape index (κ2) is 11.8. The first-order valence-electron chi connectivity index (χ1n) is 14.9. The molecule has 1 saturated heterocycles. The molecule has 1 aliphatic heterocycles. The molecular weight excluding hydrogens is 636 g/mol. The number of benzene rings is 1. The van der Waals surface area contributed by atoms with Gasteiger partial charge in [0.05, 0.1) is 42.5 Å². The molecule has 3 atom stereocenters. The summed E-state index contributed by atoms with van der Waals surface area (Å²) in [6.45, 7) is 5.18. The van der Waals surface area contributed by atoms with Crippen molar-refractivity contribution in [1.29, 1.82) is 0 Å². The van der Waals surface area contributed by atoms with Crippen molar-refractivity contribution in [2.24, 2.45) is 11.8 Å². The molecule has 46 heavy (non-hydrogen) atoms. The van der Waals surface area contributed by atoms with Gasteiger partial charge in [0.1, 0.15) is 28.5 Å². The highest BCUT2D eigenvalue weighted by Gasteiger charge is 2.45. The number of hydrogen-bond donors (Lipinski definition) is 1. The van der Waals surface area contributed by atoms with Gasteiger partial charge in [-0.05, 0) is 57.1 Å². The van der Waals surface area contributed by atoms with Crippen LogP contribution in [0.4, 0.5) is 0 Å². The van der Waals surface area contributed by atoms with Crippen molar-refractivity contribution in [3.05, 3.63) is 68.7 Å². The van der Waals surface area contributed by atoms with Gasteiger partial charge in [-0.25, -0.2) is 31.9 Å². The predicted octanol–water partition coefficient (Wildman–Crippen LogP) is 3.44. The first-order chi connectivity index (χ1) is 21.7. The van der Waals surface area contributed by atoms with Crippen LogP contribution in [0.1, 0.15) is 43.9 Å². The largest absolute Gasteiger partial charge is 0.496 e. The quantitative estimate of drug-likeness (QED) is 0.264. The Labute approximate surface area is 269 Å². The maximum absolute atomic E-state index is 14.3. The molecule has 0 bridgehead atoms. The van der Waals surface area contributed by atoms with Crippen LogP contribution in [-0.2, 0) is 31.6 Å². The third kappa shape index (κ3) is 5.48. The standard InChI is InChI=1S/C31H36N4O9S2/c1-17-24-27(36)35(31(2,3)29(37)38)30(39)34(28(24)45-25(17)26-32-10-11-43-26)16-23(21-8-6-7-9-22(21)42-4)44-20-12-18-14-33(46(5,40)41)15-19(18)13-20/h6-11,18-20,23H,12-16H2,1-5H3,(H,37,38). The van der Waals surface area contributed by atoms with E-state index < -0.39 is 38.9 Å². The maximum atomic E-state index is 14.3. The van der Waals surface area contributed by atoms with Crippen molar-refractivity contribution in [3.63, 3.8) is 0 Å². The molecule has 0 spiro atoms. The van der Waals surface area contributed by atoms with Crippen LogP contribution in [0.5, 0.6) is 5.75 Å². The van der Waals surface area contributed by atoms with E-state index in [2.05, 4.69) is 4.98 Å². The van der Waals surface area contributed by atoms with Crippen LogP contribution in [-0.4, -0.2) is 70.5 Å². The molecule has 1 saturated carbocycles. The molecule has 246 valence electrons. The zero-order valence-corrected chi connectivity index (χ0v) is 27.8. The number of aromatic nitrogens is 3. The Bertz CT molecular complexity index is 2010. The van der Waals surface area contributed by atoms with Crippen LogP contribution in [0.3, 0.4) is 0 Å². The zero-order valence-electron chi connectivity index (χ0n) is 26.1. The molecule has 4 aromatic rings. The molecule has 2 aliphatic rings. The van der Waals surface area contributed by atoms with E-state index in [9.17, 15) is 27.9 Å². The van der Waals surface area contributed by atoms with Gasteiger partial charge in [0.15, 0.2) is 0 Å². The van der Waals surface area contributed by atoms with Crippen molar-refractivity contribution in [2.45, 2.75) is 57.9 Å². The number of oxazole rings is 1. The van der Waals surface area contributed by atoms with E-state index >= 15 is 0 Å². The van der Waals surface area contributed by atoms with E-state index in [0.717, 1.165) is 4.57 Å². The zero-order chi connectivity index (χ0) is 33.1. The van der Waals surface area contributed by atoms with Crippen LogP contribution in [0.15, 0.2) is 50.7 Å². The molecule has 3 unspecified atom stereocenters. The lowest BCUT2D eigenvalue weighted by atomic mass is 10.0. The van der Waals surface area contributed by atoms with E-state index in [1.54, 1.807) is 20.1 Å². The number of nitrogens with zero attached hydrogens (tertiary/aromatic N) is 4. The first-order valence-corrected chi connectivity index (χ1v) is 17.5. The summed E-state index contributed by atoms with van der Waals surface area (Å²) in [6.07, 6.45) is 4.44. The number of para-hydroxylation sites is 1. The van der Waals surface area contributed by atoms with Gasteiger partial charge < -0.3 is 19.0 Å². The summed E-state index contributed by atoms with van der Waals surface area (Å²) < 4.78 is 46.0. The molecule has 4 heterocycles. The smallest absolute Gasteiger partial charge is 0.333 e. The summed E-state index contributed by atoms with van der Waals surface area (Å²) in [5, 5.41) is 10.3. The topological polar surface area (TPSA) is 163 Å². The molecule has 2 fully saturated rings.